The summed E-state index contributed by atoms with van der Waals surface area (Å²) in [5, 5.41) is -0.0238. The highest BCUT2D eigenvalue weighted by atomic mass is 35.5. The average molecular weight is 231 g/mol. The maximum atomic E-state index is 13.0. The minimum atomic E-state index is -0.939. The number of ketones is 1. The summed E-state index contributed by atoms with van der Waals surface area (Å²) >= 11 is 5.46. The standard InChI is InChI=1S/C10H8ClFO3/c1-15-10(14)9(13)5-6-2-3-7(11)8(12)4-6/h2-4H,5H2,1H3. The second-order valence-electron chi connectivity index (χ2n) is 2.84. The Labute approximate surface area is 90.8 Å². The van der Waals surface area contributed by atoms with E-state index >= 15 is 0 Å². The minimum absolute atomic E-state index is 0.0238. The number of halogens is 2. The van der Waals surface area contributed by atoms with Crippen molar-refractivity contribution in [2.75, 3.05) is 7.11 Å². The van der Waals surface area contributed by atoms with Crippen molar-refractivity contribution in [3.05, 3.63) is 34.6 Å². The molecular weight excluding hydrogens is 223 g/mol. The first kappa shape index (κ1) is 11.7. The van der Waals surface area contributed by atoms with Crippen LogP contribution in [0.3, 0.4) is 0 Å². The first-order valence-corrected chi connectivity index (χ1v) is 4.47. The molecule has 1 aromatic carbocycles. The van der Waals surface area contributed by atoms with Crippen LogP contribution < -0.4 is 0 Å². The van der Waals surface area contributed by atoms with Crippen LogP contribution in [-0.4, -0.2) is 18.9 Å². The number of methoxy groups -OCH3 is 1. The average Bonchev–Trinajstić information content (AvgIpc) is 2.22. The lowest BCUT2D eigenvalue weighted by Gasteiger charge is -2.00. The predicted molar refractivity (Wildman–Crippen MR) is 52.1 cm³/mol. The smallest absolute Gasteiger partial charge is 0.374 e. The van der Waals surface area contributed by atoms with Gasteiger partial charge in [-0.1, -0.05) is 17.7 Å². The van der Waals surface area contributed by atoms with Crippen LogP contribution in [0.5, 0.6) is 0 Å². The molecule has 0 spiro atoms. The van der Waals surface area contributed by atoms with Gasteiger partial charge in [0, 0.05) is 6.42 Å². The van der Waals surface area contributed by atoms with Gasteiger partial charge in [-0.15, -0.1) is 0 Å². The molecule has 0 aliphatic carbocycles. The lowest BCUT2D eigenvalue weighted by molar-refractivity contribution is -0.151. The van der Waals surface area contributed by atoms with Crippen molar-refractivity contribution < 1.29 is 18.7 Å². The SMILES string of the molecule is COC(=O)C(=O)Cc1ccc(Cl)c(F)c1. The Morgan fingerprint density at radius 2 is 2.13 bits per heavy atom. The first-order valence-electron chi connectivity index (χ1n) is 4.09. The van der Waals surface area contributed by atoms with Gasteiger partial charge in [0.1, 0.15) is 5.82 Å². The predicted octanol–water partition coefficient (Wildman–Crippen LogP) is 1.76. The van der Waals surface area contributed by atoms with E-state index in [1.807, 2.05) is 0 Å². The van der Waals surface area contributed by atoms with Crippen LogP contribution in [0.2, 0.25) is 5.02 Å². The van der Waals surface area contributed by atoms with E-state index in [1.54, 1.807) is 0 Å². The molecule has 0 N–H and O–H groups in total. The molecule has 5 heteroatoms. The molecule has 15 heavy (non-hydrogen) atoms. The van der Waals surface area contributed by atoms with Crippen molar-refractivity contribution in [2.45, 2.75) is 6.42 Å². The molecule has 0 saturated carbocycles. The zero-order chi connectivity index (χ0) is 11.4. The molecule has 80 valence electrons. The van der Waals surface area contributed by atoms with Gasteiger partial charge >= 0.3 is 5.97 Å². The molecule has 0 saturated heterocycles. The maximum Gasteiger partial charge on any atom is 0.374 e. The quantitative estimate of drug-likeness (QED) is 0.587. The maximum absolute atomic E-state index is 13.0. The van der Waals surface area contributed by atoms with Crippen LogP contribution in [0.25, 0.3) is 0 Å². The summed E-state index contributed by atoms with van der Waals surface area (Å²) in [6.45, 7) is 0. The number of ether oxygens (including phenoxy) is 1. The van der Waals surface area contributed by atoms with E-state index in [4.69, 9.17) is 11.6 Å². The number of esters is 1. The normalized spacial score (nSPS) is 9.80. The summed E-state index contributed by atoms with van der Waals surface area (Å²) in [5.41, 5.74) is 0.382. The van der Waals surface area contributed by atoms with Gasteiger partial charge in [-0.2, -0.15) is 0 Å². The van der Waals surface area contributed by atoms with Gasteiger partial charge < -0.3 is 4.74 Å². The molecular formula is C10H8ClFO3. The first-order chi connectivity index (χ1) is 7.04. The van der Waals surface area contributed by atoms with Gasteiger partial charge in [-0.05, 0) is 17.7 Å². The van der Waals surface area contributed by atoms with E-state index in [2.05, 4.69) is 4.74 Å². The number of carbonyl (C=O) groups is 2. The van der Waals surface area contributed by atoms with Gasteiger partial charge in [0.25, 0.3) is 0 Å². The minimum Gasteiger partial charge on any atom is -0.463 e. The van der Waals surface area contributed by atoms with Crippen LogP contribution in [0.15, 0.2) is 18.2 Å². The molecule has 0 amide bonds. The third-order valence-electron chi connectivity index (χ3n) is 1.76. The van der Waals surface area contributed by atoms with E-state index < -0.39 is 17.6 Å². The third kappa shape index (κ3) is 3.02. The Morgan fingerprint density at radius 1 is 1.47 bits per heavy atom. The monoisotopic (exact) mass is 230 g/mol. The zero-order valence-electron chi connectivity index (χ0n) is 7.92. The van der Waals surface area contributed by atoms with Gasteiger partial charge in [-0.3, -0.25) is 4.79 Å². The second-order valence-corrected chi connectivity index (χ2v) is 3.25. The van der Waals surface area contributed by atoms with E-state index in [1.165, 1.54) is 12.1 Å². The van der Waals surface area contributed by atoms with Crippen LogP contribution in [0.1, 0.15) is 5.56 Å². The van der Waals surface area contributed by atoms with Crippen LogP contribution in [0.4, 0.5) is 4.39 Å². The molecule has 0 aliphatic rings. The topological polar surface area (TPSA) is 43.4 Å². The Hall–Kier alpha value is -1.42. The van der Waals surface area contributed by atoms with Gasteiger partial charge in [0.2, 0.25) is 5.78 Å². The Balaban J connectivity index is 2.77. The Bertz CT molecular complexity index is 404. The lowest BCUT2D eigenvalue weighted by atomic mass is 10.1. The molecule has 3 nitrogen and oxygen atoms in total. The van der Waals surface area contributed by atoms with Crippen LogP contribution >= 0.6 is 11.6 Å². The molecule has 0 unspecified atom stereocenters. The lowest BCUT2D eigenvalue weighted by Crippen LogP contribution is -2.17. The van der Waals surface area contributed by atoms with E-state index in [0.29, 0.717) is 5.56 Å². The van der Waals surface area contributed by atoms with Crippen molar-refractivity contribution in [1.82, 2.24) is 0 Å². The summed E-state index contributed by atoms with van der Waals surface area (Å²) < 4.78 is 17.2. The summed E-state index contributed by atoms with van der Waals surface area (Å²) in [6.07, 6.45) is -0.194. The molecule has 1 rings (SSSR count). The Kier molecular flexibility index (Phi) is 3.80. The second kappa shape index (κ2) is 4.89. The van der Waals surface area contributed by atoms with E-state index in [-0.39, 0.29) is 11.4 Å². The van der Waals surface area contributed by atoms with Gasteiger partial charge in [0.15, 0.2) is 0 Å². The molecule has 0 heterocycles. The number of hydrogen-bond donors (Lipinski definition) is 0. The summed E-state index contributed by atoms with van der Waals surface area (Å²) in [5.74, 6) is -2.28. The number of Topliss-reactive ketones (excluding diaryl/α,β-unsaturated/α-hetero) is 1. The zero-order valence-corrected chi connectivity index (χ0v) is 8.68. The molecule has 0 atom stereocenters. The van der Waals surface area contributed by atoms with Crippen molar-refractivity contribution in [3.8, 4) is 0 Å². The van der Waals surface area contributed by atoms with E-state index in [9.17, 15) is 14.0 Å². The summed E-state index contributed by atoms with van der Waals surface area (Å²) in [6, 6.07) is 3.92. The van der Waals surface area contributed by atoms with Gasteiger partial charge in [0.05, 0.1) is 12.1 Å². The largest absolute Gasteiger partial charge is 0.463 e. The highest BCUT2D eigenvalue weighted by Gasteiger charge is 2.14. The fourth-order valence-corrected chi connectivity index (χ4v) is 1.14. The molecule has 0 bridgehead atoms. The van der Waals surface area contributed by atoms with Gasteiger partial charge in [-0.25, -0.2) is 9.18 Å². The summed E-state index contributed by atoms with van der Waals surface area (Å²) in [7, 11) is 1.11. The molecule has 1 aromatic rings. The number of benzene rings is 1. The fraction of sp³-hybridized carbons (Fsp3) is 0.200. The fourth-order valence-electron chi connectivity index (χ4n) is 1.02. The van der Waals surface area contributed by atoms with Crippen molar-refractivity contribution in [3.63, 3.8) is 0 Å². The van der Waals surface area contributed by atoms with Crippen LogP contribution in [0, 0.1) is 5.82 Å². The molecule has 0 aliphatic heterocycles. The molecule has 0 radical (unpaired) electrons. The summed E-state index contributed by atoms with van der Waals surface area (Å²) in [4.78, 5) is 21.9. The highest BCUT2D eigenvalue weighted by Crippen LogP contribution is 2.15. The van der Waals surface area contributed by atoms with Crippen molar-refractivity contribution in [1.29, 1.82) is 0 Å². The van der Waals surface area contributed by atoms with Crippen molar-refractivity contribution >= 4 is 23.4 Å². The Morgan fingerprint density at radius 3 is 2.67 bits per heavy atom. The van der Waals surface area contributed by atoms with Crippen molar-refractivity contribution in [2.24, 2.45) is 0 Å². The third-order valence-corrected chi connectivity index (χ3v) is 2.07. The van der Waals surface area contributed by atoms with Crippen LogP contribution in [-0.2, 0) is 20.7 Å². The van der Waals surface area contributed by atoms with E-state index in [0.717, 1.165) is 13.2 Å². The number of rotatable bonds is 3. The molecule has 0 fully saturated rings. The number of carbonyl (C=O) groups excluding carboxylic acids is 2. The molecule has 0 aromatic heterocycles. The number of hydrogen-bond acceptors (Lipinski definition) is 3. The highest BCUT2D eigenvalue weighted by molar-refractivity contribution is 6.34.